The van der Waals surface area contributed by atoms with Gasteiger partial charge >= 0.3 is 0 Å². The monoisotopic (exact) mass is 288 g/mol. The molecule has 0 spiro atoms. The molecule has 2 aromatic heterocycles. The standard InChI is InChI=1S/C14H12N2OS2/c17-14(15-5-3-10-4-6-18-8-10)11-1-2-12-13(7-11)19-9-16-12/h1-2,4,6-9H,3,5H2,(H,15,17). The number of rotatable bonds is 4. The third-order valence-electron chi connectivity index (χ3n) is 2.87. The number of aromatic nitrogens is 1. The molecule has 1 aromatic carbocycles. The number of carbonyl (C=O) groups is 1. The summed E-state index contributed by atoms with van der Waals surface area (Å²) in [6, 6.07) is 7.69. The van der Waals surface area contributed by atoms with Crippen LogP contribution in [0.2, 0.25) is 0 Å². The fourth-order valence-corrected chi connectivity index (χ4v) is 3.27. The number of nitrogens with zero attached hydrogens (tertiary/aromatic N) is 1. The molecule has 5 heteroatoms. The van der Waals surface area contributed by atoms with Gasteiger partial charge in [-0.25, -0.2) is 4.98 Å². The average molecular weight is 288 g/mol. The molecule has 0 aliphatic carbocycles. The van der Waals surface area contributed by atoms with Crippen molar-refractivity contribution in [3.63, 3.8) is 0 Å². The third-order valence-corrected chi connectivity index (χ3v) is 4.40. The van der Waals surface area contributed by atoms with Gasteiger partial charge in [0.25, 0.3) is 5.91 Å². The summed E-state index contributed by atoms with van der Waals surface area (Å²) in [7, 11) is 0. The molecular formula is C14H12N2OS2. The van der Waals surface area contributed by atoms with Crippen LogP contribution in [0.4, 0.5) is 0 Å². The maximum Gasteiger partial charge on any atom is 0.251 e. The maximum atomic E-state index is 12.0. The van der Waals surface area contributed by atoms with E-state index in [1.165, 1.54) is 5.56 Å². The predicted molar refractivity (Wildman–Crippen MR) is 80.0 cm³/mol. The highest BCUT2D eigenvalue weighted by molar-refractivity contribution is 7.16. The summed E-state index contributed by atoms with van der Waals surface area (Å²) in [5.41, 5.74) is 4.70. The first-order valence-electron chi connectivity index (χ1n) is 5.95. The predicted octanol–water partition coefficient (Wildman–Crippen LogP) is 3.33. The number of amides is 1. The quantitative estimate of drug-likeness (QED) is 0.800. The second kappa shape index (κ2) is 5.50. The molecule has 0 aliphatic heterocycles. The minimum absolute atomic E-state index is 0.0227. The van der Waals surface area contributed by atoms with Gasteiger partial charge in [0.2, 0.25) is 0 Å². The van der Waals surface area contributed by atoms with Crippen molar-refractivity contribution in [2.75, 3.05) is 6.54 Å². The highest BCUT2D eigenvalue weighted by Gasteiger charge is 2.07. The molecule has 3 rings (SSSR count). The summed E-state index contributed by atoms with van der Waals surface area (Å²) in [5, 5.41) is 7.10. The van der Waals surface area contributed by atoms with Gasteiger partial charge in [-0.15, -0.1) is 11.3 Å². The van der Waals surface area contributed by atoms with Crippen molar-refractivity contribution >= 4 is 38.8 Å². The number of thiophene rings is 1. The van der Waals surface area contributed by atoms with Gasteiger partial charge < -0.3 is 5.32 Å². The lowest BCUT2D eigenvalue weighted by molar-refractivity contribution is 0.0954. The first-order valence-corrected chi connectivity index (χ1v) is 7.78. The molecule has 0 bridgehead atoms. The van der Waals surface area contributed by atoms with Crippen LogP contribution in [0.25, 0.3) is 10.2 Å². The summed E-state index contributed by atoms with van der Waals surface area (Å²) < 4.78 is 1.05. The molecule has 3 nitrogen and oxygen atoms in total. The fourth-order valence-electron chi connectivity index (χ4n) is 1.85. The number of hydrogen-bond donors (Lipinski definition) is 1. The minimum Gasteiger partial charge on any atom is -0.352 e. The van der Waals surface area contributed by atoms with E-state index in [-0.39, 0.29) is 5.91 Å². The topological polar surface area (TPSA) is 42.0 Å². The van der Waals surface area contributed by atoms with Gasteiger partial charge in [0, 0.05) is 12.1 Å². The Balaban J connectivity index is 1.63. The molecule has 0 saturated carbocycles. The van der Waals surface area contributed by atoms with E-state index in [2.05, 4.69) is 27.1 Å². The lowest BCUT2D eigenvalue weighted by Crippen LogP contribution is -2.25. The van der Waals surface area contributed by atoms with Crippen molar-refractivity contribution in [3.8, 4) is 0 Å². The average Bonchev–Trinajstić information content (AvgIpc) is 3.08. The number of hydrogen-bond acceptors (Lipinski definition) is 4. The van der Waals surface area contributed by atoms with E-state index in [9.17, 15) is 4.79 Å². The molecule has 0 radical (unpaired) electrons. The van der Waals surface area contributed by atoms with Crippen molar-refractivity contribution in [1.29, 1.82) is 0 Å². The van der Waals surface area contributed by atoms with E-state index in [4.69, 9.17) is 0 Å². The summed E-state index contributed by atoms with van der Waals surface area (Å²) in [4.78, 5) is 16.2. The zero-order chi connectivity index (χ0) is 13.1. The smallest absolute Gasteiger partial charge is 0.251 e. The molecule has 0 saturated heterocycles. The Morgan fingerprint density at radius 3 is 3.11 bits per heavy atom. The van der Waals surface area contributed by atoms with Gasteiger partial charge in [-0.05, 0) is 47.0 Å². The minimum atomic E-state index is -0.0227. The molecule has 3 aromatic rings. The summed E-state index contributed by atoms with van der Waals surface area (Å²) in [6.45, 7) is 0.663. The molecule has 2 heterocycles. The van der Waals surface area contributed by atoms with Crippen molar-refractivity contribution in [3.05, 3.63) is 51.7 Å². The van der Waals surface area contributed by atoms with E-state index in [0.717, 1.165) is 16.6 Å². The van der Waals surface area contributed by atoms with Crippen LogP contribution in [0.5, 0.6) is 0 Å². The molecule has 0 atom stereocenters. The second-order valence-electron chi connectivity index (χ2n) is 4.17. The van der Waals surface area contributed by atoms with Gasteiger partial charge in [-0.1, -0.05) is 0 Å². The Labute approximate surface area is 118 Å². The van der Waals surface area contributed by atoms with Gasteiger partial charge in [-0.3, -0.25) is 4.79 Å². The number of benzene rings is 1. The SMILES string of the molecule is O=C(NCCc1ccsc1)c1ccc2ncsc2c1. The number of nitrogens with one attached hydrogen (secondary N) is 1. The van der Waals surface area contributed by atoms with Crippen molar-refractivity contribution in [2.24, 2.45) is 0 Å². The van der Waals surface area contributed by atoms with E-state index in [0.29, 0.717) is 12.1 Å². The molecule has 0 unspecified atom stereocenters. The summed E-state index contributed by atoms with van der Waals surface area (Å²) in [6.07, 6.45) is 0.873. The zero-order valence-electron chi connectivity index (χ0n) is 10.1. The van der Waals surface area contributed by atoms with Crippen LogP contribution in [0.15, 0.2) is 40.5 Å². The van der Waals surface area contributed by atoms with Crippen molar-refractivity contribution in [1.82, 2.24) is 10.3 Å². The zero-order valence-corrected chi connectivity index (χ0v) is 11.8. The maximum absolute atomic E-state index is 12.0. The van der Waals surface area contributed by atoms with Crippen LogP contribution < -0.4 is 5.32 Å². The first-order chi connectivity index (χ1) is 9.33. The summed E-state index contributed by atoms with van der Waals surface area (Å²) in [5.74, 6) is -0.0227. The van der Waals surface area contributed by atoms with E-state index < -0.39 is 0 Å². The normalized spacial score (nSPS) is 10.7. The third kappa shape index (κ3) is 2.83. The van der Waals surface area contributed by atoms with Crippen LogP contribution in [-0.4, -0.2) is 17.4 Å². The molecule has 1 amide bonds. The van der Waals surface area contributed by atoms with Crippen LogP contribution in [-0.2, 0) is 6.42 Å². The molecule has 0 aliphatic rings. The number of carbonyl (C=O) groups excluding carboxylic acids is 1. The van der Waals surface area contributed by atoms with Gasteiger partial charge in [0.15, 0.2) is 0 Å². The largest absolute Gasteiger partial charge is 0.352 e. The van der Waals surface area contributed by atoms with Crippen LogP contribution in [0.1, 0.15) is 15.9 Å². The van der Waals surface area contributed by atoms with E-state index >= 15 is 0 Å². The van der Waals surface area contributed by atoms with Crippen molar-refractivity contribution in [2.45, 2.75) is 6.42 Å². The first kappa shape index (κ1) is 12.3. The Bertz CT molecular complexity index is 688. The Kier molecular flexibility index (Phi) is 3.57. The summed E-state index contributed by atoms with van der Waals surface area (Å²) >= 11 is 3.23. The van der Waals surface area contributed by atoms with Crippen molar-refractivity contribution < 1.29 is 4.79 Å². The Morgan fingerprint density at radius 1 is 1.32 bits per heavy atom. The van der Waals surface area contributed by atoms with E-state index in [1.807, 2.05) is 18.2 Å². The van der Waals surface area contributed by atoms with Gasteiger partial charge in [0.05, 0.1) is 15.7 Å². The highest BCUT2D eigenvalue weighted by Crippen LogP contribution is 2.18. The fraction of sp³-hybridized carbons (Fsp3) is 0.143. The number of fused-ring (bicyclic) bond motifs is 1. The van der Waals surface area contributed by atoms with Crippen LogP contribution in [0, 0.1) is 0 Å². The molecule has 1 N–H and O–H groups in total. The highest BCUT2D eigenvalue weighted by atomic mass is 32.1. The van der Waals surface area contributed by atoms with Crippen LogP contribution >= 0.6 is 22.7 Å². The lowest BCUT2D eigenvalue weighted by atomic mass is 10.2. The second-order valence-corrected chi connectivity index (χ2v) is 5.84. The van der Waals surface area contributed by atoms with Gasteiger partial charge in [-0.2, -0.15) is 11.3 Å². The lowest BCUT2D eigenvalue weighted by Gasteiger charge is -2.04. The van der Waals surface area contributed by atoms with E-state index in [1.54, 1.807) is 28.2 Å². The molecule has 0 fully saturated rings. The molecule has 19 heavy (non-hydrogen) atoms. The Hall–Kier alpha value is -1.72. The van der Waals surface area contributed by atoms with Crippen LogP contribution in [0.3, 0.4) is 0 Å². The van der Waals surface area contributed by atoms with Gasteiger partial charge in [0.1, 0.15) is 0 Å². The Morgan fingerprint density at radius 2 is 2.26 bits per heavy atom. The number of thiazole rings is 1. The molecular weight excluding hydrogens is 276 g/mol. The molecule has 96 valence electrons.